The molecule has 1 saturated heterocycles. The summed E-state index contributed by atoms with van der Waals surface area (Å²) in [7, 11) is 0. The van der Waals surface area contributed by atoms with Crippen molar-refractivity contribution in [3.63, 3.8) is 0 Å². The number of para-hydroxylation sites is 1. The van der Waals surface area contributed by atoms with Crippen molar-refractivity contribution >= 4 is 0 Å². The van der Waals surface area contributed by atoms with Gasteiger partial charge in [0, 0.05) is 13.1 Å². The third-order valence-corrected chi connectivity index (χ3v) is 4.90. The lowest BCUT2D eigenvalue weighted by molar-refractivity contribution is 0.222. The van der Waals surface area contributed by atoms with Crippen LogP contribution in [0.15, 0.2) is 24.3 Å². The molecule has 1 aliphatic rings. The van der Waals surface area contributed by atoms with E-state index in [0.29, 0.717) is 23.3 Å². The van der Waals surface area contributed by atoms with Gasteiger partial charge in [0.05, 0.1) is 12.2 Å². The molecule has 0 aliphatic carbocycles. The molecule has 2 rings (SSSR count). The van der Waals surface area contributed by atoms with Gasteiger partial charge in [-0.2, -0.15) is 5.26 Å². The summed E-state index contributed by atoms with van der Waals surface area (Å²) in [4.78, 5) is 2.56. The molecule has 1 heterocycles. The number of benzene rings is 1. The minimum absolute atomic E-state index is 0.550. The lowest BCUT2D eigenvalue weighted by Gasteiger charge is -2.26. The second-order valence-electron chi connectivity index (χ2n) is 6.04. The molecule has 21 heavy (non-hydrogen) atoms. The summed E-state index contributed by atoms with van der Waals surface area (Å²) >= 11 is 0. The maximum atomic E-state index is 9.02. The molecule has 0 aromatic heterocycles. The van der Waals surface area contributed by atoms with Crippen LogP contribution in [0.25, 0.3) is 0 Å². The van der Waals surface area contributed by atoms with Crippen molar-refractivity contribution in [2.75, 3.05) is 26.2 Å². The van der Waals surface area contributed by atoms with Crippen molar-refractivity contribution in [3.8, 4) is 11.8 Å². The summed E-state index contributed by atoms with van der Waals surface area (Å²) in [6.07, 6.45) is 4.92. The molecular formula is C18H26N2O. The number of rotatable bonds is 7. The van der Waals surface area contributed by atoms with Crippen molar-refractivity contribution in [2.24, 2.45) is 5.41 Å². The molecule has 0 unspecified atom stereocenters. The van der Waals surface area contributed by atoms with Crippen LogP contribution in [0.2, 0.25) is 0 Å². The predicted molar refractivity (Wildman–Crippen MR) is 85.3 cm³/mol. The predicted octanol–water partition coefficient (Wildman–Crippen LogP) is 3.84. The van der Waals surface area contributed by atoms with Crippen molar-refractivity contribution in [2.45, 2.75) is 39.5 Å². The lowest BCUT2D eigenvalue weighted by Crippen LogP contribution is -2.27. The normalized spacial score (nSPS) is 17.6. The van der Waals surface area contributed by atoms with E-state index in [4.69, 9.17) is 10.00 Å². The van der Waals surface area contributed by atoms with Crippen LogP contribution in [0, 0.1) is 16.7 Å². The van der Waals surface area contributed by atoms with Gasteiger partial charge in [0.1, 0.15) is 11.8 Å². The second-order valence-corrected chi connectivity index (χ2v) is 6.04. The number of hydrogen-bond acceptors (Lipinski definition) is 3. The van der Waals surface area contributed by atoms with Gasteiger partial charge in [-0.1, -0.05) is 26.0 Å². The van der Waals surface area contributed by atoms with Crippen LogP contribution < -0.4 is 4.74 Å². The Hall–Kier alpha value is -1.53. The van der Waals surface area contributed by atoms with E-state index in [-0.39, 0.29) is 0 Å². The Balaban J connectivity index is 1.73. The molecule has 1 aromatic carbocycles. The Morgan fingerprint density at radius 3 is 2.71 bits per heavy atom. The summed E-state index contributed by atoms with van der Waals surface area (Å²) < 4.78 is 5.74. The molecule has 0 bridgehead atoms. The molecule has 0 saturated carbocycles. The molecule has 0 atom stereocenters. The zero-order valence-electron chi connectivity index (χ0n) is 13.3. The molecule has 3 nitrogen and oxygen atoms in total. The van der Waals surface area contributed by atoms with Crippen molar-refractivity contribution in [1.82, 2.24) is 4.90 Å². The molecule has 3 heteroatoms. The fraction of sp³-hybridized carbons (Fsp3) is 0.611. The molecule has 0 spiro atoms. The number of ether oxygens (including phenoxy) is 1. The number of nitrogens with zero attached hydrogens (tertiary/aromatic N) is 2. The first-order valence-electron chi connectivity index (χ1n) is 8.07. The van der Waals surface area contributed by atoms with E-state index in [9.17, 15) is 0 Å². The monoisotopic (exact) mass is 286 g/mol. The highest BCUT2D eigenvalue weighted by Crippen LogP contribution is 2.36. The van der Waals surface area contributed by atoms with Gasteiger partial charge in [0.15, 0.2) is 0 Å². The van der Waals surface area contributed by atoms with E-state index in [0.717, 1.165) is 13.0 Å². The quantitative estimate of drug-likeness (QED) is 0.715. The first kappa shape index (κ1) is 15.9. The molecule has 0 amide bonds. The number of nitriles is 1. The summed E-state index contributed by atoms with van der Waals surface area (Å²) in [6.45, 7) is 8.85. The smallest absolute Gasteiger partial charge is 0.137 e. The van der Waals surface area contributed by atoms with Gasteiger partial charge in [-0.05, 0) is 49.8 Å². The summed E-state index contributed by atoms with van der Waals surface area (Å²) in [5.41, 5.74) is 1.17. The standard InChI is InChI=1S/C18H26N2O/c1-3-18(4-2)10-12-20(15-18)11-7-13-21-17-9-6-5-8-16(17)14-19/h5-6,8-9H,3-4,7,10-13,15H2,1-2H3. The Morgan fingerprint density at radius 2 is 2.05 bits per heavy atom. The van der Waals surface area contributed by atoms with E-state index in [1.807, 2.05) is 18.2 Å². The van der Waals surface area contributed by atoms with Gasteiger partial charge < -0.3 is 9.64 Å². The molecule has 1 aliphatic heterocycles. The third kappa shape index (κ3) is 3.98. The van der Waals surface area contributed by atoms with Gasteiger partial charge in [0.25, 0.3) is 0 Å². The van der Waals surface area contributed by atoms with Crippen molar-refractivity contribution < 1.29 is 4.74 Å². The minimum atomic E-state index is 0.550. The molecule has 0 N–H and O–H groups in total. The summed E-state index contributed by atoms with van der Waals surface area (Å²) in [5, 5.41) is 9.02. The SMILES string of the molecule is CCC1(CC)CCN(CCCOc2ccccc2C#N)C1. The lowest BCUT2D eigenvalue weighted by atomic mass is 9.82. The Morgan fingerprint density at radius 1 is 1.29 bits per heavy atom. The fourth-order valence-corrected chi connectivity index (χ4v) is 3.20. The van der Waals surface area contributed by atoms with Crippen LogP contribution in [0.4, 0.5) is 0 Å². The average Bonchev–Trinajstić information content (AvgIpc) is 2.96. The van der Waals surface area contributed by atoms with Crippen LogP contribution in [0.3, 0.4) is 0 Å². The molecular weight excluding hydrogens is 260 g/mol. The first-order valence-corrected chi connectivity index (χ1v) is 8.07. The van der Waals surface area contributed by atoms with Gasteiger partial charge >= 0.3 is 0 Å². The molecule has 114 valence electrons. The van der Waals surface area contributed by atoms with Crippen LogP contribution in [0.1, 0.15) is 45.1 Å². The number of hydrogen-bond donors (Lipinski definition) is 0. The third-order valence-electron chi connectivity index (χ3n) is 4.90. The summed E-state index contributed by atoms with van der Waals surface area (Å²) in [6, 6.07) is 9.61. The van der Waals surface area contributed by atoms with E-state index >= 15 is 0 Å². The average molecular weight is 286 g/mol. The molecule has 0 radical (unpaired) electrons. The van der Waals surface area contributed by atoms with Gasteiger partial charge in [-0.15, -0.1) is 0 Å². The van der Waals surface area contributed by atoms with E-state index < -0.39 is 0 Å². The maximum Gasteiger partial charge on any atom is 0.137 e. The highest BCUT2D eigenvalue weighted by atomic mass is 16.5. The van der Waals surface area contributed by atoms with Crippen molar-refractivity contribution in [3.05, 3.63) is 29.8 Å². The molecule has 1 fully saturated rings. The largest absolute Gasteiger partial charge is 0.492 e. The topological polar surface area (TPSA) is 36.3 Å². The van der Waals surface area contributed by atoms with Crippen molar-refractivity contribution in [1.29, 1.82) is 5.26 Å². The van der Waals surface area contributed by atoms with Crippen LogP contribution in [0.5, 0.6) is 5.75 Å². The Bertz CT molecular complexity index is 488. The van der Waals surface area contributed by atoms with Gasteiger partial charge in [0.2, 0.25) is 0 Å². The first-order chi connectivity index (χ1) is 10.2. The highest BCUT2D eigenvalue weighted by molar-refractivity contribution is 5.42. The van der Waals surface area contributed by atoms with E-state index in [1.165, 1.54) is 32.4 Å². The minimum Gasteiger partial charge on any atom is -0.492 e. The zero-order chi connectivity index (χ0) is 15.1. The van der Waals surface area contributed by atoms with Crippen LogP contribution in [-0.2, 0) is 0 Å². The van der Waals surface area contributed by atoms with E-state index in [1.54, 1.807) is 6.07 Å². The van der Waals surface area contributed by atoms with E-state index in [2.05, 4.69) is 24.8 Å². The highest BCUT2D eigenvalue weighted by Gasteiger charge is 2.34. The van der Waals surface area contributed by atoms with Crippen LogP contribution in [-0.4, -0.2) is 31.1 Å². The Labute approximate surface area is 128 Å². The maximum absolute atomic E-state index is 9.02. The van der Waals surface area contributed by atoms with Crippen LogP contribution >= 0.6 is 0 Å². The number of likely N-dealkylation sites (tertiary alicyclic amines) is 1. The molecule has 1 aromatic rings. The fourth-order valence-electron chi connectivity index (χ4n) is 3.20. The van der Waals surface area contributed by atoms with Gasteiger partial charge in [-0.25, -0.2) is 0 Å². The zero-order valence-corrected chi connectivity index (χ0v) is 13.3. The second kappa shape index (κ2) is 7.47. The van der Waals surface area contributed by atoms with Gasteiger partial charge in [-0.3, -0.25) is 0 Å². The summed E-state index contributed by atoms with van der Waals surface area (Å²) in [5.74, 6) is 0.706. The Kier molecular flexibility index (Phi) is 5.64.